The van der Waals surface area contributed by atoms with Gasteiger partial charge in [0, 0.05) is 43.4 Å². The molecular weight excluding hydrogens is 617 g/mol. The van der Waals surface area contributed by atoms with Crippen molar-refractivity contribution < 1.29 is 18.0 Å². The summed E-state index contributed by atoms with van der Waals surface area (Å²) >= 11 is 0. The molecule has 0 saturated carbocycles. The number of nitrogens with one attached hydrogen (secondary N) is 1. The van der Waals surface area contributed by atoms with Crippen LogP contribution in [0.5, 0.6) is 0 Å². The van der Waals surface area contributed by atoms with Crippen LogP contribution >= 0.6 is 0 Å². The molecule has 1 saturated heterocycles. The highest BCUT2D eigenvalue weighted by atomic mass is 19.4. The van der Waals surface area contributed by atoms with Gasteiger partial charge in [0.05, 0.1) is 23.8 Å². The van der Waals surface area contributed by atoms with E-state index in [9.17, 15) is 22.8 Å². The number of benzene rings is 3. The predicted molar refractivity (Wildman–Crippen MR) is 179 cm³/mol. The van der Waals surface area contributed by atoms with Gasteiger partial charge in [-0.3, -0.25) is 19.5 Å². The standard InChI is InChI=1S/C37H35F3N6O2/c38-37(39,40)25-42-35(48)36(32-11-3-1-9-29(32)30-10-2-4-12-33(30)36)15-7-17-44-18-20-45(21-19-44)28-14-13-26-23-43-46(34(47)31(26)22-28)24-27-8-5-6-16-41-27/h1-6,8-14,16,22-23H,7,15,17-21,24-25H2,(H,42,48). The molecule has 1 fully saturated rings. The van der Waals surface area contributed by atoms with Gasteiger partial charge < -0.3 is 10.2 Å². The van der Waals surface area contributed by atoms with E-state index in [1.165, 1.54) is 4.68 Å². The van der Waals surface area contributed by atoms with E-state index in [1.54, 1.807) is 12.4 Å². The van der Waals surface area contributed by atoms with Gasteiger partial charge in [-0.05, 0) is 65.9 Å². The second kappa shape index (κ2) is 12.9. The lowest BCUT2D eigenvalue weighted by molar-refractivity contribution is -0.141. The summed E-state index contributed by atoms with van der Waals surface area (Å²) in [5.41, 5.74) is 3.63. The minimum Gasteiger partial charge on any atom is -0.369 e. The first-order chi connectivity index (χ1) is 23.2. The number of fused-ring (bicyclic) bond motifs is 4. The van der Waals surface area contributed by atoms with Crippen molar-refractivity contribution >= 4 is 22.4 Å². The molecule has 7 rings (SSSR count). The minimum atomic E-state index is -4.51. The Bertz CT molecular complexity index is 1960. The summed E-state index contributed by atoms with van der Waals surface area (Å²) in [7, 11) is 0. The fourth-order valence-electron chi connectivity index (χ4n) is 7.20. The van der Waals surface area contributed by atoms with Gasteiger partial charge in [0.2, 0.25) is 5.91 Å². The van der Waals surface area contributed by atoms with Gasteiger partial charge in [-0.15, -0.1) is 0 Å². The van der Waals surface area contributed by atoms with E-state index in [1.807, 2.05) is 84.9 Å². The summed E-state index contributed by atoms with van der Waals surface area (Å²) in [6.45, 7) is 2.68. The number of carbonyl (C=O) groups is 1. The zero-order valence-electron chi connectivity index (χ0n) is 26.3. The maximum atomic E-state index is 13.8. The number of nitrogens with zero attached hydrogens (tertiary/aromatic N) is 5. The fraction of sp³-hybridized carbons (Fsp3) is 0.297. The Balaban J connectivity index is 1.04. The summed E-state index contributed by atoms with van der Waals surface area (Å²) < 4.78 is 41.1. The molecule has 246 valence electrons. The highest BCUT2D eigenvalue weighted by Crippen LogP contribution is 2.51. The summed E-state index contributed by atoms with van der Waals surface area (Å²) in [6.07, 6.45) is -0.0977. The van der Waals surface area contributed by atoms with E-state index in [2.05, 4.69) is 25.2 Å². The first kappa shape index (κ1) is 31.6. The van der Waals surface area contributed by atoms with E-state index in [-0.39, 0.29) is 5.56 Å². The second-order valence-electron chi connectivity index (χ2n) is 12.4. The SMILES string of the molecule is O=C(NCC(F)(F)F)C1(CCCN2CCN(c3ccc4cnn(Cc5ccccn5)c(=O)c4c3)CC2)c2ccccc2-c2ccccc21. The third-order valence-corrected chi connectivity index (χ3v) is 9.54. The first-order valence-electron chi connectivity index (χ1n) is 16.1. The Morgan fingerprint density at radius 3 is 2.23 bits per heavy atom. The van der Waals surface area contributed by atoms with Gasteiger partial charge in [0.1, 0.15) is 12.0 Å². The molecule has 1 aliphatic heterocycles. The number of anilines is 1. The largest absolute Gasteiger partial charge is 0.405 e. The van der Waals surface area contributed by atoms with Crippen molar-refractivity contribution in [2.24, 2.45) is 0 Å². The average molecular weight is 653 g/mol. The van der Waals surface area contributed by atoms with Crippen molar-refractivity contribution in [2.45, 2.75) is 31.0 Å². The second-order valence-corrected chi connectivity index (χ2v) is 12.4. The van der Waals surface area contributed by atoms with Gasteiger partial charge in [0.15, 0.2) is 0 Å². The van der Waals surface area contributed by atoms with Crippen LogP contribution in [0, 0.1) is 0 Å². The van der Waals surface area contributed by atoms with E-state index < -0.39 is 24.0 Å². The quantitative estimate of drug-likeness (QED) is 0.230. The van der Waals surface area contributed by atoms with Crippen LogP contribution in [0.25, 0.3) is 21.9 Å². The van der Waals surface area contributed by atoms with Crippen molar-refractivity contribution in [1.29, 1.82) is 0 Å². The number of hydrogen-bond acceptors (Lipinski definition) is 6. The number of hydrogen-bond donors (Lipinski definition) is 1. The third kappa shape index (κ3) is 6.06. The van der Waals surface area contributed by atoms with Gasteiger partial charge in [-0.2, -0.15) is 18.3 Å². The molecule has 1 aliphatic carbocycles. The van der Waals surface area contributed by atoms with Crippen LogP contribution in [0.15, 0.2) is 102 Å². The summed E-state index contributed by atoms with van der Waals surface area (Å²) in [4.78, 5) is 36.0. The monoisotopic (exact) mass is 652 g/mol. The third-order valence-electron chi connectivity index (χ3n) is 9.54. The van der Waals surface area contributed by atoms with Crippen LogP contribution in [0.2, 0.25) is 0 Å². The highest BCUT2D eigenvalue weighted by Gasteiger charge is 2.49. The molecule has 48 heavy (non-hydrogen) atoms. The Kier molecular flexibility index (Phi) is 8.47. The number of aromatic nitrogens is 3. The maximum absolute atomic E-state index is 13.8. The van der Waals surface area contributed by atoms with Crippen LogP contribution in [0.3, 0.4) is 0 Å². The molecule has 0 bridgehead atoms. The smallest absolute Gasteiger partial charge is 0.369 e. The van der Waals surface area contributed by atoms with E-state index in [0.29, 0.717) is 31.3 Å². The van der Waals surface area contributed by atoms with E-state index in [0.717, 1.165) is 65.2 Å². The molecule has 3 heterocycles. The van der Waals surface area contributed by atoms with E-state index in [4.69, 9.17) is 0 Å². The molecule has 11 heteroatoms. The predicted octanol–water partition coefficient (Wildman–Crippen LogP) is 5.39. The molecular formula is C37H35F3N6O2. The number of rotatable bonds is 9. The molecule has 0 spiro atoms. The molecule has 5 aromatic rings. The molecule has 1 N–H and O–H groups in total. The molecule has 0 radical (unpaired) electrons. The number of halogens is 3. The summed E-state index contributed by atoms with van der Waals surface area (Å²) in [5.74, 6) is -0.618. The van der Waals surface area contributed by atoms with Gasteiger partial charge in [0.25, 0.3) is 5.56 Å². The van der Waals surface area contributed by atoms with Crippen LogP contribution < -0.4 is 15.8 Å². The lowest BCUT2D eigenvalue weighted by atomic mass is 9.73. The maximum Gasteiger partial charge on any atom is 0.405 e. The average Bonchev–Trinajstić information content (AvgIpc) is 3.39. The van der Waals surface area contributed by atoms with Crippen LogP contribution in [0.4, 0.5) is 18.9 Å². The Morgan fingerprint density at radius 1 is 0.875 bits per heavy atom. The lowest BCUT2D eigenvalue weighted by Crippen LogP contribution is -2.48. The lowest BCUT2D eigenvalue weighted by Gasteiger charge is -2.37. The minimum absolute atomic E-state index is 0.165. The van der Waals surface area contributed by atoms with E-state index >= 15 is 0 Å². The number of amides is 1. The van der Waals surface area contributed by atoms with Crippen molar-refractivity contribution in [1.82, 2.24) is 25.0 Å². The van der Waals surface area contributed by atoms with Gasteiger partial charge in [-0.25, -0.2) is 4.68 Å². The van der Waals surface area contributed by atoms with Gasteiger partial charge in [-0.1, -0.05) is 60.7 Å². The summed E-state index contributed by atoms with van der Waals surface area (Å²) in [5, 5.41) is 7.94. The topological polar surface area (TPSA) is 83.4 Å². The molecule has 0 unspecified atom stereocenters. The number of carbonyl (C=O) groups excluding carboxylic acids is 1. The number of piperazine rings is 1. The Labute approximate surface area is 275 Å². The Morgan fingerprint density at radius 2 is 1.56 bits per heavy atom. The van der Waals surface area contributed by atoms with Crippen LogP contribution in [-0.4, -0.2) is 71.0 Å². The molecule has 1 amide bonds. The Hall–Kier alpha value is -5.03. The van der Waals surface area contributed by atoms with Crippen molar-refractivity contribution in [3.05, 3.63) is 124 Å². The van der Waals surface area contributed by atoms with Crippen molar-refractivity contribution in [3.8, 4) is 11.1 Å². The first-order valence-corrected chi connectivity index (χ1v) is 16.1. The van der Waals surface area contributed by atoms with Crippen molar-refractivity contribution in [3.63, 3.8) is 0 Å². The molecule has 3 aromatic carbocycles. The highest BCUT2D eigenvalue weighted by molar-refractivity contribution is 6.00. The molecule has 0 atom stereocenters. The normalized spacial score (nSPS) is 15.7. The van der Waals surface area contributed by atoms with Gasteiger partial charge >= 0.3 is 6.18 Å². The zero-order valence-corrected chi connectivity index (χ0v) is 26.3. The number of alkyl halides is 3. The fourth-order valence-corrected chi connectivity index (χ4v) is 7.20. The van der Waals surface area contributed by atoms with Crippen LogP contribution in [0.1, 0.15) is 29.7 Å². The van der Waals surface area contributed by atoms with Crippen molar-refractivity contribution in [2.75, 3.05) is 44.2 Å². The zero-order chi connectivity index (χ0) is 33.3. The molecule has 2 aromatic heterocycles. The molecule has 8 nitrogen and oxygen atoms in total. The summed E-state index contributed by atoms with van der Waals surface area (Å²) in [6, 6.07) is 26.5. The molecule has 2 aliphatic rings. The van der Waals surface area contributed by atoms with Crippen LogP contribution in [-0.2, 0) is 16.8 Å². The number of pyridine rings is 1.